The lowest BCUT2D eigenvalue weighted by molar-refractivity contribution is -0.166. The van der Waals surface area contributed by atoms with Crippen LogP contribution < -0.4 is 4.74 Å². The molecule has 0 saturated carbocycles. The second-order valence-corrected chi connectivity index (χ2v) is 11.0. The Balaban J connectivity index is 2.29. The Kier molecular flexibility index (Phi) is 11.5. The van der Waals surface area contributed by atoms with E-state index in [1.54, 1.807) is 27.9 Å². The number of cyclic esters (lactones) is 1. The van der Waals surface area contributed by atoms with Crippen molar-refractivity contribution in [3.8, 4) is 5.75 Å². The average molecular weight is 508 g/mol. The van der Waals surface area contributed by atoms with Crippen LogP contribution in [0.5, 0.6) is 5.75 Å². The van der Waals surface area contributed by atoms with E-state index in [2.05, 4.69) is 26.0 Å². The number of nitrogens with zero attached hydrogens (tertiary/aromatic N) is 1. The molecule has 1 aliphatic heterocycles. The number of carbonyl (C=O) groups is 2. The molecule has 0 N–H and O–H groups in total. The molecule has 1 fully saturated rings. The molecule has 4 unspecified atom stereocenters. The number of esters is 1. The first-order chi connectivity index (χ1) is 16.9. The standard InChI is InChI=1S/C28H45NO7/c1-19(2)17-34-25-20(3)35-26(30)24(29(18-32-7)27(31)36-28(4,5)6)11-9-10-22(25)16-21-12-14-23(33-8)15-13-21/h12-15,19-20,22,24-25H,9-11,16-18H2,1-8H3. The lowest BCUT2D eigenvalue weighted by atomic mass is 9.86. The van der Waals surface area contributed by atoms with Crippen LogP contribution in [-0.4, -0.2) is 68.4 Å². The van der Waals surface area contributed by atoms with Gasteiger partial charge in [-0.25, -0.2) is 9.59 Å². The number of amides is 1. The maximum absolute atomic E-state index is 13.3. The van der Waals surface area contributed by atoms with Gasteiger partial charge >= 0.3 is 12.1 Å². The van der Waals surface area contributed by atoms with Gasteiger partial charge in [-0.1, -0.05) is 32.4 Å². The Morgan fingerprint density at radius 1 is 1.14 bits per heavy atom. The van der Waals surface area contributed by atoms with Crippen molar-refractivity contribution in [3.05, 3.63) is 29.8 Å². The van der Waals surface area contributed by atoms with Gasteiger partial charge in [0.1, 0.15) is 30.2 Å². The van der Waals surface area contributed by atoms with E-state index < -0.39 is 29.8 Å². The largest absolute Gasteiger partial charge is 0.497 e. The molecule has 1 heterocycles. The monoisotopic (exact) mass is 507 g/mol. The van der Waals surface area contributed by atoms with Gasteiger partial charge in [-0.15, -0.1) is 0 Å². The van der Waals surface area contributed by atoms with Gasteiger partial charge < -0.3 is 23.7 Å². The maximum atomic E-state index is 13.3. The summed E-state index contributed by atoms with van der Waals surface area (Å²) in [7, 11) is 3.14. The van der Waals surface area contributed by atoms with Crippen molar-refractivity contribution in [2.45, 2.75) is 91.1 Å². The first kappa shape index (κ1) is 29.9. The first-order valence-corrected chi connectivity index (χ1v) is 12.9. The summed E-state index contributed by atoms with van der Waals surface area (Å²) < 4.78 is 28.4. The molecule has 0 aliphatic carbocycles. The molecular weight excluding hydrogens is 462 g/mol. The van der Waals surface area contributed by atoms with Crippen molar-refractivity contribution in [2.75, 3.05) is 27.6 Å². The summed E-state index contributed by atoms with van der Waals surface area (Å²) in [6.07, 6.45) is 1.43. The van der Waals surface area contributed by atoms with Crippen LogP contribution in [0.15, 0.2) is 24.3 Å². The molecule has 2 rings (SSSR count). The summed E-state index contributed by atoms with van der Waals surface area (Å²) >= 11 is 0. The predicted octanol–water partition coefficient (Wildman–Crippen LogP) is 5.22. The van der Waals surface area contributed by atoms with Crippen LogP contribution >= 0.6 is 0 Å². The van der Waals surface area contributed by atoms with E-state index in [4.69, 9.17) is 23.7 Å². The molecule has 1 aromatic carbocycles. The van der Waals surface area contributed by atoms with Gasteiger partial charge in [-0.3, -0.25) is 4.90 Å². The van der Waals surface area contributed by atoms with E-state index in [1.807, 2.05) is 19.1 Å². The SMILES string of the molecule is COCN(C(=O)OC(C)(C)C)C1CCCC(Cc2ccc(OC)cc2)C(OCC(C)C)C(C)OC1=O. The van der Waals surface area contributed by atoms with Crippen molar-refractivity contribution in [1.82, 2.24) is 4.90 Å². The van der Waals surface area contributed by atoms with Crippen LogP contribution in [0.2, 0.25) is 0 Å². The van der Waals surface area contributed by atoms with E-state index >= 15 is 0 Å². The Morgan fingerprint density at radius 2 is 1.81 bits per heavy atom. The number of methoxy groups -OCH3 is 2. The minimum atomic E-state index is -0.798. The highest BCUT2D eigenvalue weighted by molar-refractivity contribution is 5.81. The zero-order valence-corrected chi connectivity index (χ0v) is 23.2. The van der Waals surface area contributed by atoms with E-state index in [0.29, 0.717) is 18.9 Å². The molecule has 1 amide bonds. The summed E-state index contributed by atoms with van der Waals surface area (Å²) in [5, 5.41) is 0. The molecule has 36 heavy (non-hydrogen) atoms. The summed E-state index contributed by atoms with van der Waals surface area (Å²) in [6, 6.07) is 7.24. The molecule has 8 heteroatoms. The highest BCUT2D eigenvalue weighted by Crippen LogP contribution is 2.30. The van der Waals surface area contributed by atoms with Gasteiger partial charge in [0.2, 0.25) is 0 Å². The third-order valence-corrected chi connectivity index (χ3v) is 6.11. The van der Waals surface area contributed by atoms with Crippen molar-refractivity contribution in [2.24, 2.45) is 11.8 Å². The highest BCUT2D eigenvalue weighted by Gasteiger charge is 2.39. The normalized spacial score (nSPS) is 23.3. The Labute approximate surface area is 216 Å². The number of hydrogen-bond acceptors (Lipinski definition) is 7. The molecule has 1 aliphatic rings. The topological polar surface area (TPSA) is 83.5 Å². The van der Waals surface area contributed by atoms with Gasteiger partial charge in [-0.05, 0) is 76.5 Å². The van der Waals surface area contributed by atoms with Crippen LogP contribution in [0, 0.1) is 11.8 Å². The Morgan fingerprint density at radius 3 is 2.36 bits per heavy atom. The minimum absolute atomic E-state index is 0.0639. The number of benzene rings is 1. The van der Waals surface area contributed by atoms with E-state index in [1.165, 1.54) is 17.6 Å². The molecule has 0 aromatic heterocycles. The average Bonchev–Trinajstić information content (AvgIpc) is 2.84. The van der Waals surface area contributed by atoms with Crippen molar-refractivity contribution in [3.63, 3.8) is 0 Å². The molecule has 0 spiro atoms. The van der Waals surface area contributed by atoms with Gasteiger partial charge in [0.15, 0.2) is 0 Å². The maximum Gasteiger partial charge on any atom is 0.412 e. The summed E-state index contributed by atoms with van der Waals surface area (Å²) in [6.45, 7) is 12.0. The fraction of sp³-hybridized carbons (Fsp3) is 0.714. The Hall–Kier alpha value is -2.32. The quantitative estimate of drug-likeness (QED) is 0.335. The van der Waals surface area contributed by atoms with Crippen molar-refractivity contribution >= 4 is 12.1 Å². The fourth-order valence-electron chi connectivity index (χ4n) is 4.44. The second kappa shape index (κ2) is 13.8. The molecule has 1 aromatic rings. The number of hydrogen-bond donors (Lipinski definition) is 0. The minimum Gasteiger partial charge on any atom is -0.497 e. The highest BCUT2D eigenvalue weighted by atomic mass is 16.6. The first-order valence-electron chi connectivity index (χ1n) is 12.9. The van der Waals surface area contributed by atoms with Gasteiger partial charge in [0.05, 0.1) is 13.2 Å². The molecule has 4 atom stereocenters. The lowest BCUT2D eigenvalue weighted by Crippen LogP contribution is -2.49. The number of ether oxygens (including phenoxy) is 5. The summed E-state index contributed by atoms with van der Waals surface area (Å²) in [5.74, 6) is 0.829. The molecule has 0 bridgehead atoms. The molecule has 1 saturated heterocycles. The third kappa shape index (κ3) is 9.28. The lowest BCUT2D eigenvalue weighted by Gasteiger charge is -2.33. The van der Waals surface area contributed by atoms with E-state index in [9.17, 15) is 9.59 Å². The van der Waals surface area contributed by atoms with Crippen LogP contribution in [0.1, 0.15) is 66.4 Å². The zero-order chi connectivity index (χ0) is 26.9. The van der Waals surface area contributed by atoms with Crippen LogP contribution in [0.3, 0.4) is 0 Å². The van der Waals surface area contributed by atoms with E-state index in [-0.39, 0.29) is 18.8 Å². The summed E-state index contributed by atoms with van der Waals surface area (Å²) in [5.41, 5.74) is 0.473. The predicted molar refractivity (Wildman–Crippen MR) is 138 cm³/mol. The zero-order valence-electron chi connectivity index (χ0n) is 23.2. The molecular formula is C28H45NO7. The third-order valence-electron chi connectivity index (χ3n) is 6.11. The summed E-state index contributed by atoms with van der Waals surface area (Å²) in [4.78, 5) is 27.6. The second-order valence-electron chi connectivity index (χ2n) is 11.0. The molecule has 8 nitrogen and oxygen atoms in total. The van der Waals surface area contributed by atoms with Gasteiger partial charge in [0.25, 0.3) is 0 Å². The van der Waals surface area contributed by atoms with Crippen LogP contribution in [0.4, 0.5) is 4.79 Å². The van der Waals surface area contributed by atoms with Crippen molar-refractivity contribution < 1.29 is 33.3 Å². The van der Waals surface area contributed by atoms with Crippen LogP contribution in [0.25, 0.3) is 0 Å². The molecule has 0 radical (unpaired) electrons. The smallest absolute Gasteiger partial charge is 0.412 e. The van der Waals surface area contributed by atoms with Gasteiger partial charge in [0, 0.05) is 13.7 Å². The fourth-order valence-corrected chi connectivity index (χ4v) is 4.44. The Bertz CT molecular complexity index is 818. The number of rotatable bonds is 9. The molecule has 204 valence electrons. The van der Waals surface area contributed by atoms with Gasteiger partial charge in [-0.2, -0.15) is 0 Å². The number of carbonyl (C=O) groups excluding carboxylic acids is 2. The van der Waals surface area contributed by atoms with Crippen molar-refractivity contribution in [1.29, 1.82) is 0 Å². The van der Waals surface area contributed by atoms with Crippen LogP contribution in [-0.2, 0) is 30.2 Å². The van der Waals surface area contributed by atoms with E-state index in [0.717, 1.165) is 25.0 Å².